The summed E-state index contributed by atoms with van der Waals surface area (Å²) in [5, 5.41) is 11.3. The van der Waals surface area contributed by atoms with Crippen LogP contribution in [0.4, 0.5) is 4.39 Å². The summed E-state index contributed by atoms with van der Waals surface area (Å²) in [4.78, 5) is 11.9. The molecule has 0 bridgehead atoms. The average Bonchev–Trinajstić information content (AvgIpc) is 2.94. The number of fused-ring (bicyclic) bond motifs is 5. The van der Waals surface area contributed by atoms with E-state index < -0.39 is 17.2 Å². The second kappa shape index (κ2) is 6.75. The fraction of sp³-hybridized carbons (Fsp3) is 0.696. The third kappa shape index (κ3) is 2.42. The molecule has 0 aromatic heterocycles. The van der Waals surface area contributed by atoms with Gasteiger partial charge in [0.15, 0.2) is 11.5 Å². The number of carbonyl (C=O) groups excluding carboxylic acids is 1. The highest BCUT2D eigenvalue weighted by atomic mass is 32.2. The molecule has 0 aromatic rings. The molecule has 4 aliphatic carbocycles. The number of alkyl halides is 1. The van der Waals surface area contributed by atoms with E-state index in [9.17, 15) is 9.90 Å². The Bertz CT molecular complexity index is 764. The molecule has 3 saturated carbocycles. The summed E-state index contributed by atoms with van der Waals surface area (Å²) in [6.45, 7) is 8.06. The number of rotatable bonds is 4. The molecule has 0 aromatic carbocycles. The molecule has 7 atom stereocenters. The molecule has 0 radical (unpaired) electrons. The van der Waals surface area contributed by atoms with Gasteiger partial charge in [-0.2, -0.15) is 0 Å². The van der Waals surface area contributed by atoms with Crippen LogP contribution >= 0.6 is 23.5 Å². The van der Waals surface area contributed by atoms with E-state index in [1.54, 1.807) is 12.2 Å². The lowest BCUT2D eigenvalue weighted by atomic mass is 9.46. The van der Waals surface area contributed by atoms with E-state index in [0.717, 1.165) is 30.6 Å². The minimum Gasteiger partial charge on any atom is -0.390 e. The minimum absolute atomic E-state index is 0.0104. The Kier molecular flexibility index (Phi) is 5.00. The third-order valence-electron chi connectivity index (χ3n) is 8.45. The largest absolute Gasteiger partial charge is 0.390 e. The number of allylic oxidation sites excluding steroid dienone is 4. The monoisotopic (exact) mass is 422 g/mol. The van der Waals surface area contributed by atoms with Crippen molar-refractivity contribution in [2.24, 2.45) is 22.7 Å². The number of carbonyl (C=O) groups is 1. The van der Waals surface area contributed by atoms with E-state index >= 15 is 4.39 Å². The van der Waals surface area contributed by atoms with E-state index in [2.05, 4.69) is 19.8 Å². The lowest BCUT2D eigenvalue weighted by Crippen LogP contribution is -2.67. The zero-order chi connectivity index (χ0) is 20.4. The number of aliphatic hydroxyl groups is 1. The Morgan fingerprint density at radius 1 is 1.36 bits per heavy atom. The molecule has 2 nitrogen and oxygen atoms in total. The van der Waals surface area contributed by atoms with Crippen LogP contribution in [0, 0.1) is 22.7 Å². The Morgan fingerprint density at radius 2 is 2.11 bits per heavy atom. The zero-order valence-electron chi connectivity index (χ0n) is 17.0. The van der Waals surface area contributed by atoms with Gasteiger partial charge in [-0.05, 0) is 68.8 Å². The van der Waals surface area contributed by atoms with Gasteiger partial charge in [-0.1, -0.05) is 24.6 Å². The summed E-state index contributed by atoms with van der Waals surface area (Å²) < 4.78 is 17.0. The number of thioether (sulfide) groups is 2. The standard InChI is InChI=1S/C23H31FO2S2/c1-5-12-28-22(27-4)11-9-17-18-7-6-15-13-16(25)8-10-20(15,2)23(18,24)19(26)14-21(17,22)3/h5,8,10,13,17-19,26H,1,6-7,9,11-12,14H2,2-4H3/t17-,18-,19-,20-,21-,22-,23?/m0/s1. The van der Waals surface area contributed by atoms with Crippen molar-refractivity contribution in [3.63, 3.8) is 0 Å². The fourth-order valence-electron chi connectivity index (χ4n) is 6.98. The van der Waals surface area contributed by atoms with E-state index in [1.165, 1.54) is 6.08 Å². The highest BCUT2D eigenvalue weighted by Crippen LogP contribution is 2.73. The molecule has 5 heteroatoms. The Balaban J connectivity index is 1.77. The Hall–Kier alpha value is -0.520. The molecule has 1 N–H and O–H groups in total. The van der Waals surface area contributed by atoms with Gasteiger partial charge in [-0.15, -0.1) is 30.1 Å². The quantitative estimate of drug-likeness (QED) is 0.490. The highest BCUT2D eigenvalue weighted by Gasteiger charge is 2.72. The number of ketones is 1. The Morgan fingerprint density at radius 3 is 2.79 bits per heavy atom. The van der Waals surface area contributed by atoms with Crippen molar-refractivity contribution in [3.05, 3.63) is 36.5 Å². The molecule has 0 heterocycles. The first kappa shape index (κ1) is 20.7. The van der Waals surface area contributed by atoms with E-state index in [-0.39, 0.29) is 27.1 Å². The molecule has 3 fully saturated rings. The van der Waals surface area contributed by atoms with Gasteiger partial charge in [0.05, 0.1) is 10.2 Å². The van der Waals surface area contributed by atoms with Crippen molar-refractivity contribution in [2.75, 3.05) is 12.0 Å². The van der Waals surface area contributed by atoms with Crippen LogP contribution < -0.4 is 0 Å². The van der Waals surface area contributed by atoms with Gasteiger partial charge in [0.25, 0.3) is 0 Å². The van der Waals surface area contributed by atoms with Crippen LogP contribution in [0.3, 0.4) is 0 Å². The van der Waals surface area contributed by atoms with Gasteiger partial charge in [-0.3, -0.25) is 4.79 Å². The van der Waals surface area contributed by atoms with Crippen LogP contribution in [0.25, 0.3) is 0 Å². The number of halogens is 1. The van der Waals surface area contributed by atoms with Crippen LogP contribution in [0.2, 0.25) is 0 Å². The van der Waals surface area contributed by atoms with Crippen LogP contribution in [0.15, 0.2) is 36.5 Å². The Labute approximate surface area is 176 Å². The maximum Gasteiger partial charge on any atom is 0.178 e. The first-order valence-corrected chi connectivity index (χ1v) is 12.5. The van der Waals surface area contributed by atoms with E-state index in [0.29, 0.717) is 12.8 Å². The summed E-state index contributed by atoms with van der Waals surface area (Å²) in [6, 6.07) is 0. The van der Waals surface area contributed by atoms with Crippen molar-refractivity contribution < 1.29 is 14.3 Å². The molecular formula is C23H31FO2S2. The van der Waals surface area contributed by atoms with Gasteiger partial charge < -0.3 is 5.11 Å². The van der Waals surface area contributed by atoms with Crippen LogP contribution in [0.5, 0.6) is 0 Å². The topological polar surface area (TPSA) is 37.3 Å². The maximum absolute atomic E-state index is 17.0. The smallest absolute Gasteiger partial charge is 0.178 e. The highest BCUT2D eigenvalue weighted by molar-refractivity contribution is 8.18. The SMILES string of the molecule is C=CCS[C@@]1(SC)CC[C@H]2[C@@H]3CCC4=CC(=O)C=C[C@]4(C)C3(F)[C@@H](O)C[C@@]21C. The summed E-state index contributed by atoms with van der Waals surface area (Å²) in [5.41, 5.74) is -1.86. The van der Waals surface area contributed by atoms with Gasteiger partial charge in [0.2, 0.25) is 0 Å². The second-order valence-corrected chi connectivity index (χ2v) is 12.0. The molecule has 1 unspecified atom stereocenters. The predicted octanol–water partition coefficient (Wildman–Crippen LogP) is 5.34. The molecule has 4 aliphatic rings. The first-order chi connectivity index (χ1) is 13.2. The predicted molar refractivity (Wildman–Crippen MR) is 117 cm³/mol. The van der Waals surface area contributed by atoms with Crippen molar-refractivity contribution in [1.82, 2.24) is 0 Å². The molecular weight excluding hydrogens is 391 g/mol. The van der Waals surface area contributed by atoms with Crippen molar-refractivity contribution in [2.45, 2.75) is 61.8 Å². The lowest BCUT2D eigenvalue weighted by molar-refractivity contribution is -0.189. The molecule has 28 heavy (non-hydrogen) atoms. The lowest BCUT2D eigenvalue weighted by Gasteiger charge is -2.63. The summed E-state index contributed by atoms with van der Waals surface area (Å²) in [7, 11) is 0. The number of hydrogen-bond donors (Lipinski definition) is 1. The van der Waals surface area contributed by atoms with E-state index in [4.69, 9.17) is 0 Å². The van der Waals surface area contributed by atoms with Crippen LogP contribution in [-0.2, 0) is 4.79 Å². The van der Waals surface area contributed by atoms with E-state index in [1.807, 2.05) is 36.5 Å². The molecule has 154 valence electrons. The molecule has 4 rings (SSSR count). The number of hydrogen-bond acceptors (Lipinski definition) is 4. The summed E-state index contributed by atoms with van der Waals surface area (Å²) >= 11 is 3.80. The van der Waals surface area contributed by atoms with Gasteiger partial charge >= 0.3 is 0 Å². The zero-order valence-corrected chi connectivity index (χ0v) is 18.7. The fourth-order valence-corrected chi connectivity index (χ4v) is 9.90. The summed E-state index contributed by atoms with van der Waals surface area (Å²) in [5.74, 6) is 0.877. The normalized spacial score (nSPS) is 49.8. The molecule has 0 saturated heterocycles. The average molecular weight is 423 g/mol. The maximum atomic E-state index is 17.0. The summed E-state index contributed by atoms with van der Waals surface area (Å²) in [6.07, 6.45) is 11.9. The van der Waals surface area contributed by atoms with Crippen molar-refractivity contribution in [1.29, 1.82) is 0 Å². The minimum atomic E-state index is -1.71. The molecule has 0 aliphatic heterocycles. The van der Waals surface area contributed by atoms with Gasteiger partial charge in [-0.25, -0.2) is 4.39 Å². The number of aliphatic hydroxyl groups excluding tert-OH is 1. The van der Waals surface area contributed by atoms with Crippen molar-refractivity contribution >= 4 is 29.3 Å². The van der Waals surface area contributed by atoms with Gasteiger partial charge in [0, 0.05) is 17.1 Å². The van der Waals surface area contributed by atoms with Crippen LogP contribution in [0.1, 0.15) is 46.0 Å². The van der Waals surface area contributed by atoms with Crippen molar-refractivity contribution in [3.8, 4) is 0 Å². The molecule has 0 spiro atoms. The van der Waals surface area contributed by atoms with Gasteiger partial charge in [0.1, 0.15) is 0 Å². The third-order valence-corrected chi connectivity index (χ3v) is 12.2. The molecule has 0 amide bonds. The van der Waals surface area contributed by atoms with Crippen LogP contribution in [-0.4, -0.2) is 38.8 Å². The first-order valence-electron chi connectivity index (χ1n) is 10.3. The second-order valence-electron chi connectivity index (χ2n) is 9.36.